The normalized spacial score (nSPS) is 14.6. The molecule has 1 aliphatic rings. The first-order valence-electron chi connectivity index (χ1n) is 11.2. The van der Waals surface area contributed by atoms with E-state index in [1.807, 2.05) is 66.9 Å². The zero-order chi connectivity index (χ0) is 25.2. The Bertz CT molecular complexity index is 1410. The summed E-state index contributed by atoms with van der Waals surface area (Å²) < 4.78 is 18.4. The molecule has 5 rings (SSSR count). The van der Waals surface area contributed by atoms with Gasteiger partial charge in [0.15, 0.2) is 17.3 Å². The lowest BCUT2D eigenvalue weighted by Gasteiger charge is -2.29. The van der Waals surface area contributed by atoms with E-state index >= 15 is 0 Å². The van der Waals surface area contributed by atoms with E-state index in [9.17, 15) is 4.79 Å². The number of anilines is 2. The molecule has 9 nitrogen and oxygen atoms in total. The molecule has 1 atom stereocenters. The minimum atomic E-state index is -0.611. The lowest BCUT2D eigenvalue weighted by Crippen LogP contribution is -2.31. The van der Waals surface area contributed by atoms with Crippen molar-refractivity contribution in [2.45, 2.75) is 13.0 Å². The molecule has 0 saturated carbocycles. The van der Waals surface area contributed by atoms with Gasteiger partial charge in [-0.25, -0.2) is 4.68 Å². The van der Waals surface area contributed by atoms with Crippen molar-refractivity contribution in [2.75, 3.05) is 32.0 Å². The fourth-order valence-corrected chi connectivity index (χ4v) is 4.90. The number of hydrogen-bond acceptors (Lipinski definition) is 8. The molecule has 0 bridgehead atoms. The number of amides is 1. The van der Waals surface area contributed by atoms with Gasteiger partial charge in [0.2, 0.25) is 11.7 Å². The van der Waals surface area contributed by atoms with Crippen LogP contribution in [0.4, 0.5) is 11.6 Å². The van der Waals surface area contributed by atoms with Crippen LogP contribution in [0.5, 0.6) is 17.2 Å². The monoisotopic (exact) mass is 503 g/mol. The average molecular weight is 504 g/mol. The molecule has 0 spiro atoms. The molecule has 0 saturated heterocycles. The third kappa shape index (κ3) is 4.16. The number of methoxy groups -OCH3 is 3. The Morgan fingerprint density at radius 3 is 2.36 bits per heavy atom. The molecule has 2 aromatic carbocycles. The number of aromatic nitrogens is 3. The first kappa shape index (κ1) is 23.4. The summed E-state index contributed by atoms with van der Waals surface area (Å²) >= 11 is 1.55. The summed E-state index contributed by atoms with van der Waals surface area (Å²) in [6.45, 7) is 1.86. The highest BCUT2D eigenvalue weighted by Gasteiger charge is 2.36. The van der Waals surface area contributed by atoms with E-state index in [0.717, 1.165) is 10.4 Å². The Balaban J connectivity index is 1.67. The van der Waals surface area contributed by atoms with Gasteiger partial charge < -0.3 is 24.8 Å². The van der Waals surface area contributed by atoms with Crippen LogP contribution >= 0.6 is 11.3 Å². The minimum Gasteiger partial charge on any atom is -0.493 e. The first-order valence-corrected chi connectivity index (χ1v) is 12.1. The van der Waals surface area contributed by atoms with Gasteiger partial charge in [-0.05, 0) is 48.2 Å². The van der Waals surface area contributed by atoms with E-state index in [0.29, 0.717) is 46.0 Å². The quantitative estimate of drug-likeness (QED) is 0.368. The van der Waals surface area contributed by atoms with Crippen LogP contribution in [0.2, 0.25) is 0 Å². The van der Waals surface area contributed by atoms with Crippen LogP contribution in [0.1, 0.15) is 18.5 Å². The van der Waals surface area contributed by atoms with Crippen LogP contribution < -0.4 is 24.8 Å². The number of carbonyl (C=O) groups excluding carboxylic acids is 1. The first-order chi connectivity index (χ1) is 17.5. The van der Waals surface area contributed by atoms with Crippen molar-refractivity contribution in [3.8, 4) is 28.0 Å². The highest BCUT2D eigenvalue weighted by molar-refractivity contribution is 7.13. The average Bonchev–Trinajstić information content (AvgIpc) is 3.57. The number of allylic oxidation sites excluding steroid dienone is 1. The van der Waals surface area contributed by atoms with E-state index < -0.39 is 6.04 Å². The predicted molar refractivity (Wildman–Crippen MR) is 139 cm³/mol. The SMILES string of the molecule is COc1cc(C2C(C(=O)Nc3ccccc3)=C(C)Nc3nc(-c4cccs4)nn32)cc(OC)c1OC. The van der Waals surface area contributed by atoms with Gasteiger partial charge in [0.05, 0.1) is 31.8 Å². The highest BCUT2D eigenvalue weighted by atomic mass is 32.1. The molecule has 4 aromatic rings. The number of fused-ring (bicyclic) bond motifs is 1. The van der Waals surface area contributed by atoms with Crippen LogP contribution in [0, 0.1) is 0 Å². The zero-order valence-corrected chi connectivity index (χ0v) is 21.1. The molecule has 0 aliphatic carbocycles. The second kappa shape index (κ2) is 9.74. The largest absolute Gasteiger partial charge is 0.493 e. The van der Waals surface area contributed by atoms with Crippen LogP contribution in [0.3, 0.4) is 0 Å². The van der Waals surface area contributed by atoms with Gasteiger partial charge in [0.25, 0.3) is 5.91 Å². The van der Waals surface area contributed by atoms with E-state index in [4.69, 9.17) is 24.3 Å². The molecule has 1 unspecified atom stereocenters. The third-order valence-electron chi connectivity index (χ3n) is 5.87. The van der Waals surface area contributed by atoms with Crippen molar-refractivity contribution in [2.24, 2.45) is 0 Å². The van der Waals surface area contributed by atoms with E-state index in [1.54, 1.807) is 37.3 Å². The van der Waals surface area contributed by atoms with Crippen molar-refractivity contribution in [3.05, 3.63) is 76.8 Å². The zero-order valence-electron chi connectivity index (χ0n) is 20.2. The van der Waals surface area contributed by atoms with Crippen LogP contribution in [0.25, 0.3) is 10.7 Å². The maximum atomic E-state index is 13.7. The summed E-state index contributed by atoms with van der Waals surface area (Å²) in [5.41, 5.74) is 2.57. The fourth-order valence-electron chi connectivity index (χ4n) is 4.24. The standard InChI is InChI=1S/C26H25N5O4S/c1-15-21(25(32)28-17-9-6-5-7-10-17)22(16-13-18(33-2)23(35-4)19(14-16)34-3)31-26(27-15)29-24(30-31)20-11-8-12-36-20/h5-14,22H,1-4H3,(H,28,32)(H,27,29,30). The lowest BCUT2D eigenvalue weighted by atomic mass is 9.94. The summed E-state index contributed by atoms with van der Waals surface area (Å²) in [7, 11) is 4.67. The molecule has 36 heavy (non-hydrogen) atoms. The summed E-state index contributed by atoms with van der Waals surface area (Å²) in [6.07, 6.45) is 0. The van der Waals surface area contributed by atoms with Crippen molar-refractivity contribution in [3.63, 3.8) is 0 Å². The smallest absolute Gasteiger partial charge is 0.255 e. The molecule has 2 aromatic heterocycles. The Labute approximate surface area is 212 Å². The van der Waals surface area contributed by atoms with Gasteiger partial charge in [0, 0.05) is 11.4 Å². The van der Waals surface area contributed by atoms with Crippen LogP contribution in [-0.2, 0) is 4.79 Å². The number of ether oxygens (including phenoxy) is 3. The van der Waals surface area contributed by atoms with E-state index in [-0.39, 0.29) is 5.91 Å². The molecule has 1 amide bonds. The number of nitrogens with one attached hydrogen (secondary N) is 2. The maximum Gasteiger partial charge on any atom is 0.255 e. The fraction of sp³-hybridized carbons (Fsp3) is 0.192. The van der Waals surface area contributed by atoms with Gasteiger partial charge in [-0.3, -0.25) is 4.79 Å². The van der Waals surface area contributed by atoms with Crippen LogP contribution in [0.15, 0.2) is 71.2 Å². The number of rotatable bonds is 7. The van der Waals surface area contributed by atoms with Gasteiger partial charge in [-0.2, -0.15) is 4.98 Å². The van der Waals surface area contributed by atoms with Crippen LogP contribution in [-0.4, -0.2) is 42.0 Å². The molecular weight excluding hydrogens is 478 g/mol. The number of benzene rings is 2. The minimum absolute atomic E-state index is 0.260. The van der Waals surface area contributed by atoms with Gasteiger partial charge >= 0.3 is 0 Å². The Kier molecular flexibility index (Phi) is 6.34. The second-order valence-electron chi connectivity index (χ2n) is 8.03. The molecule has 2 N–H and O–H groups in total. The number of nitrogens with zero attached hydrogens (tertiary/aromatic N) is 3. The predicted octanol–water partition coefficient (Wildman–Crippen LogP) is 4.96. The summed E-state index contributed by atoms with van der Waals surface area (Å²) in [5.74, 6) is 2.26. The molecule has 0 fully saturated rings. The number of hydrogen-bond donors (Lipinski definition) is 2. The molecule has 3 heterocycles. The van der Waals surface area contributed by atoms with Gasteiger partial charge in [-0.1, -0.05) is 24.3 Å². The third-order valence-corrected chi connectivity index (χ3v) is 6.74. The van der Waals surface area contributed by atoms with Gasteiger partial charge in [0.1, 0.15) is 6.04 Å². The van der Waals surface area contributed by atoms with Crippen molar-refractivity contribution < 1.29 is 19.0 Å². The molecule has 1 aliphatic heterocycles. The molecule has 0 radical (unpaired) electrons. The maximum absolute atomic E-state index is 13.7. The molecule has 184 valence electrons. The summed E-state index contributed by atoms with van der Waals surface area (Å²) in [4.78, 5) is 19.3. The lowest BCUT2D eigenvalue weighted by molar-refractivity contribution is -0.113. The second-order valence-corrected chi connectivity index (χ2v) is 8.97. The molecule has 10 heteroatoms. The highest BCUT2D eigenvalue weighted by Crippen LogP contribution is 2.44. The van der Waals surface area contributed by atoms with E-state index in [1.165, 1.54) is 0 Å². The summed E-state index contributed by atoms with van der Waals surface area (Å²) in [6, 6.07) is 16.3. The number of para-hydroxylation sites is 1. The molecular formula is C26H25N5O4S. The van der Waals surface area contributed by atoms with Crippen molar-refractivity contribution >= 4 is 28.9 Å². The number of carbonyl (C=O) groups is 1. The Morgan fingerprint density at radius 2 is 1.75 bits per heavy atom. The number of thiophene rings is 1. The van der Waals surface area contributed by atoms with Crippen molar-refractivity contribution in [1.82, 2.24) is 14.8 Å². The Morgan fingerprint density at radius 1 is 1.03 bits per heavy atom. The van der Waals surface area contributed by atoms with Crippen molar-refractivity contribution in [1.29, 1.82) is 0 Å². The summed E-state index contributed by atoms with van der Waals surface area (Å²) in [5, 5.41) is 13.0. The van der Waals surface area contributed by atoms with Gasteiger partial charge in [-0.15, -0.1) is 16.4 Å². The topological polar surface area (TPSA) is 99.5 Å². The Hall–Kier alpha value is -4.31. The van der Waals surface area contributed by atoms with E-state index in [2.05, 4.69) is 10.6 Å².